The number of benzene rings is 3. The molecule has 0 aliphatic heterocycles. The topological polar surface area (TPSA) is 29.5 Å². The summed E-state index contributed by atoms with van der Waals surface area (Å²) in [5, 5.41) is 8.83. The lowest BCUT2D eigenvalue weighted by Crippen LogP contribution is -2.01. The van der Waals surface area contributed by atoms with E-state index in [0.29, 0.717) is 6.61 Å². The highest BCUT2D eigenvalue weighted by Gasteiger charge is 2.28. The van der Waals surface area contributed by atoms with Crippen molar-refractivity contribution in [2.75, 3.05) is 13.2 Å². The standard InChI is InChI=1S/C23H22O2/c24-15-5-6-16-25-18-13-11-17(12-14-18)23-21-9-3-1-7-19(21)20-8-2-4-10-22(20)23/h1-4,7-14,23-24H,5-6,15-16H2. The van der Waals surface area contributed by atoms with Crippen LogP contribution in [0.25, 0.3) is 11.1 Å². The normalized spacial score (nSPS) is 12.7. The minimum atomic E-state index is 0.225. The maximum absolute atomic E-state index is 8.83. The Morgan fingerprint density at radius 1 is 0.720 bits per heavy atom. The molecular formula is C23H22O2. The zero-order valence-corrected chi connectivity index (χ0v) is 14.2. The molecule has 2 heteroatoms. The van der Waals surface area contributed by atoms with Gasteiger partial charge in [-0.2, -0.15) is 0 Å². The van der Waals surface area contributed by atoms with Crippen LogP contribution in [-0.2, 0) is 0 Å². The van der Waals surface area contributed by atoms with E-state index in [9.17, 15) is 0 Å². The predicted molar refractivity (Wildman–Crippen MR) is 101 cm³/mol. The summed E-state index contributed by atoms with van der Waals surface area (Å²) in [6.07, 6.45) is 1.66. The van der Waals surface area contributed by atoms with E-state index in [1.807, 2.05) is 0 Å². The van der Waals surface area contributed by atoms with Crippen molar-refractivity contribution in [2.45, 2.75) is 18.8 Å². The molecule has 1 aliphatic rings. The Morgan fingerprint density at radius 2 is 1.32 bits per heavy atom. The van der Waals surface area contributed by atoms with E-state index in [-0.39, 0.29) is 12.5 Å². The number of ether oxygens (including phenoxy) is 1. The fourth-order valence-electron chi connectivity index (χ4n) is 3.68. The van der Waals surface area contributed by atoms with Crippen molar-refractivity contribution >= 4 is 0 Å². The molecule has 0 fully saturated rings. The average molecular weight is 330 g/mol. The van der Waals surface area contributed by atoms with E-state index in [2.05, 4.69) is 72.8 Å². The van der Waals surface area contributed by atoms with Crippen molar-refractivity contribution in [1.29, 1.82) is 0 Å². The number of hydrogen-bond acceptors (Lipinski definition) is 2. The summed E-state index contributed by atoms with van der Waals surface area (Å²) in [4.78, 5) is 0. The van der Waals surface area contributed by atoms with Crippen LogP contribution in [0, 0.1) is 0 Å². The molecule has 0 unspecified atom stereocenters. The summed E-state index contributed by atoms with van der Waals surface area (Å²) in [6, 6.07) is 25.8. The van der Waals surface area contributed by atoms with Crippen LogP contribution < -0.4 is 4.74 Å². The molecule has 2 nitrogen and oxygen atoms in total. The van der Waals surface area contributed by atoms with Crippen LogP contribution >= 0.6 is 0 Å². The molecule has 1 N–H and O–H groups in total. The highest BCUT2D eigenvalue weighted by molar-refractivity contribution is 5.80. The molecule has 1 aliphatic carbocycles. The summed E-state index contributed by atoms with van der Waals surface area (Å²) >= 11 is 0. The van der Waals surface area contributed by atoms with Gasteiger partial charge in [0.05, 0.1) is 6.61 Å². The molecule has 3 aromatic rings. The van der Waals surface area contributed by atoms with Gasteiger partial charge in [0.15, 0.2) is 0 Å². The summed E-state index contributed by atoms with van der Waals surface area (Å²) in [5.74, 6) is 1.18. The summed E-state index contributed by atoms with van der Waals surface area (Å²) in [7, 11) is 0. The van der Waals surface area contributed by atoms with Gasteiger partial charge in [-0.05, 0) is 52.8 Å². The van der Waals surface area contributed by atoms with Crippen LogP contribution in [-0.4, -0.2) is 18.3 Å². The fourth-order valence-corrected chi connectivity index (χ4v) is 3.68. The highest BCUT2D eigenvalue weighted by Crippen LogP contribution is 2.47. The van der Waals surface area contributed by atoms with Crippen molar-refractivity contribution < 1.29 is 9.84 Å². The van der Waals surface area contributed by atoms with Gasteiger partial charge in [0.2, 0.25) is 0 Å². The van der Waals surface area contributed by atoms with Gasteiger partial charge in [-0.3, -0.25) is 0 Å². The smallest absolute Gasteiger partial charge is 0.119 e. The van der Waals surface area contributed by atoms with Gasteiger partial charge in [-0.1, -0.05) is 60.7 Å². The predicted octanol–water partition coefficient (Wildman–Crippen LogP) is 5.00. The molecule has 3 aromatic carbocycles. The second-order valence-corrected chi connectivity index (χ2v) is 6.46. The Balaban J connectivity index is 1.61. The molecule has 0 aromatic heterocycles. The third-order valence-electron chi connectivity index (χ3n) is 4.87. The molecule has 25 heavy (non-hydrogen) atoms. The van der Waals surface area contributed by atoms with E-state index in [1.165, 1.54) is 27.8 Å². The second kappa shape index (κ2) is 7.12. The van der Waals surface area contributed by atoms with Crippen LogP contribution in [0.1, 0.15) is 35.4 Å². The van der Waals surface area contributed by atoms with Crippen LogP contribution in [0.5, 0.6) is 5.75 Å². The lowest BCUT2D eigenvalue weighted by atomic mass is 9.89. The lowest BCUT2D eigenvalue weighted by Gasteiger charge is -2.15. The van der Waals surface area contributed by atoms with Gasteiger partial charge in [0.25, 0.3) is 0 Å². The molecular weight excluding hydrogens is 308 g/mol. The molecule has 0 amide bonds. The van der Waals surface area contributed by atoms with Gasteiger partial charge in [-0.25, -0.2) is 0 Å². The first-order valence-corrected chi connectivity index (χ1v) is 8.90. The zero-order valence-electron chi connectivity index (χ0n) is 14.2. The Labute approximate surface area is 148 Å². The van der Waals surface area contributed by atoms with Gasteiger partial charge in [0.1, 0.15) is 5.75 Å². The van der Waals surface area contributed by atoms with E-state index < -0.39 is 0 Å². The average Bonchev–Trinajstić information content (AvgIpc) is 3.00. The maximum atomic E-state index is 8.83. The van der Waals surface area contributed by atoms with E-state index >= 15 is 0 Å². The third kappa shape index (κ3) is 3.06. The van der Waals surface area contributed by atoms with Gasteiger partial charge in [-0.15, -0.1) is 0 Å². The van der Waals surface area contributed by atoms with Crippen molar-refractivity contribution in [3.63, 3.8) is 0 Å². The zero-order chi connectivity index (χ0) is 17.1. The van der Waals surface area contributed by atoms with Crippen LogP contribution in [0.15, 0.2) is 72.8 Å². The largest absolute Gasteiger partial charge is 0.494 e. The minimum absolute atomic E-state index is 0.225. The Hall–Kier alpha value is -2.58. The molecule has 4 rings (SSSR count). The van der Waals surface area contributed by atoms with Gasteiger partial charge in [0, 0.05) is 12.5 Å². The minimum Gasteiger partial charge on any atom is -0.494 e. The molecule has 0 heterocycles. The number of unbranched alkanes of at least 4 members (excludes halogenated alkanes) is 1. The van der Waals surface area contributed by atoms with E-state index in [1.54, 1.807) is 0 Å². The first-order chi connectivity index (χ1) is 12.4. The van der Waals surface area contributed by atoms with Crippen molar-refractivity contribution in [2.24, 2.45) is 0 Å². The molecule has 126 valence electrons. The fraction of sp³-hybridized carbons (Fsp3) is 0.217. The maximum Gasteiger partial charge on any atom is 0.119 e. The molecule has 0 atom stereocenters. The van der Waals surface area contributed by atoms with E-state index in [4.69, 9.17) is 9.84 Å². The van der Waals surface area contributed by atoms with Gasteiger partial charge < -0.3 is 9.84 Å². The summed E-state index contributed by atoms with van der Waals surface area (Å²) < 4.78 is 5.75. The summed E-state index contributed by atoms with van der Waals surface area (Å²) in [6.45, 7) is 0.873. The molecule has 0 spiro atoms. The Kier molecular flexibility index (Phi) is 4.53. The quantitative estimate of drug-likeness (QED) is 0.504. The number of fused-ring (bicyclic) bond motifs is 3. The van der Waals surface area contributed by atoms with Gasteiger partial charge >= 0.3 is 0 Å². The Bertz CT molecular complexity index is 806. The molecule has 0 bridgehead atoms. The van der Waals surface area contributed by atoms with Crippen LogP contribution in [0.2, 0.25) is 0 Å². The molecule has 0 saturated carbocycles. The molecule has 0 radical (unpaired) electrons. The second-order valence-electron chi connectivity index (χ2n) is 6.46. The monoisotopic (exact) mass is 330 g/mol. The highest BCUT2D eigenvalue weighted by atomic mass is 16.5. The molecule has 0 saturated heterocycles. The van der Waals surface area contributed by atoms with Crippen LogP contribution in [0.3, 0.4) is 0 Å². The first kappa shape index (κ1) is 15.9. The van der Waals surface area contributed by atoms with Crippen molar-refractivity contribution in [3.8, 4) is 16.9 Å². The number of aliphatic hydroxyl groups excluding tert-OH is 1. The van der Waals surface area contributed by atoms with Crippen LogP contribution in [0.4, 0.5) is 0 Å². The lowest BCUT2D eigenvalue weighted by molar-refractivity contribution is 0.253. The van der Waals surface area contributed by atoms with Crippen molar-refractivity contribution in [1.82, 2.24) is 0 Å². The van der Waals surface area contributed by atoms with E-state index in [0.717, 1.165) is 18.6 Å². The third-order valence-corrected chi connectivity index (χ3v) is 4.87. The SMILES string of the molecule is OCCCCOc1ccc(C2c3ccccc3-c3ccccc32)cc1. The summed E-state index contributed by atoms with van der Waals surface area (Å²) in [5.41, 5.74) is 6.72. The van der Waals surface area contributed by atoms with Crippen molar-refractivity contribution in [3.05, 3.63) is 89.5 Å². The Morgan fingerprint density at radius 3 is 1.92 bits per heavy atom. The number of rotatable bonds is 6. The number of hydrogen-bond donors (Lipinski definition) is 1. The first-order valence-electron chi connectivity index (χ1n) is 8.90. The number of aliphatic hydroxyl groups is 1.